The highest BCUT2D eigenvalue weighted by Gasteiger charge is 2.32. The number of hydrogen-bond acceptors (Lipinski definition) is 5. The van der Waals surface area contributed by atoms with E-state index in [1.807, 2.05) is 0 Å². The number of nitro groups is 1. The molecule has 6 nitrogen and oxygen atoms in total. The second kappa shape index (κ2) is 7.49. The van der Waals surface area contributed by atoms with Gasteiger partial charge in [-0.2, -0.15) is 0 Å². The van der Waals surface area contributed by atoms with E-state index in [2.05, 4.69) is 0 Å². The second-order valence-corrected chi connectivity index (χ2v) is 4.28. The molecule has 1 aromatic rings. The van der Waals surface area contributed by atoms with Gasteiger partial charge in [-0.05, 0) is 12.5 Å². The lowest BCUT2D eigenvalue weighted by Crippen LogP contribution is -2.33. The maximum atomic E-state index is 10.8. The minimum atomic E-state index is -0.463. The van der Waals surface area contributed by atoms with Crippen molar-refractivity contribution in [3.8, 4) is 5.75 Å². The Bertz CT molecular complexity index is 433. The number of rotatable bonds is 3. The number of halogens is 2. The highest BCUT2D eigenvalue weighted by Crippen LogP contribution is 2.30. The smallest absolute Gasteiger partial charge is 0.310 e. The zero-order valence-corrected chi connectivity index (χ0v) is 11.7. The summed E-state index contributed by atoms with van der Waals surface area (Å²) in [6.45, 7) is 0. The Kier molecular flexibility index (Phi) is 7.07. The third-order valence-corrected chi connectivity index (χ3v) is 2.93. The Morgan fingerprint density at radius 1 is 1.21 bits per heavy atom. The van der Waals surface area contributed by atoms with E-state index in [1.54, 1.807) is 18.2 Å². The van der Waals surface area contributed by atoms with Gasteiger partial charge in [-0.15, -0.1) is 24.8 Å². The lowest BCUT2D eigenvalue weighted by Gasteiger charge is -2.17. The van der Waals surface area contributed by atoms with Crippen LogP contribution in [0.3, 0.4) is 0 Å². The van der Waals surface area contributed by atoms with E-state index < -0.39 is 4.92 Å². The van der Waals surface area contributed by atoms with Crippen LogP contribution in [0.2, 0.25) is 0 Å². The Morgan fingerprint density at radius 3 is 2.37 bits per heavy atom. The van der Waals surface area contributed by atoms with Crippen molar-refractivity contribution in [2.75, 3.05) is 0 Å². The Hall–Kier alpha value is -1.08. The fraction of sp³-hybridized carbons (Fsp3) is 0.455. The predicted octanol–water partition coefficient (Wildman–Crippen LogP) is 1.63. The summed E-state index contributed by atoms with van der Waals surface area (Å²) in [6.07, 6.45) is 1.07. The van der Waals surface area contributed by atoms with Crippen LogP contribution in [0, 0.1) is 10.1 Å². The monoisotopic (exact) mass is 309 g/mol. The molecule has 1 saturated carbocycles. The van der Waals surface area contributed by atoms with Crippen molar-refractivity contribution in [2.45, 2.75) is 31.0 Å². The summed E-state index contributed by atoms with van der Waals surface area (Å²) in [6, 6.07) is 6.14. The average molecular weight is 310 g/mol. The largest absolute Gasteiger partial charge is 0.482 e. The third-order valence-electron chi connectivity index (χ3n) is 2.93. The highest BCUT2D eigenvalue weighted by atomic mass is 35.5. The van der Waals surface area contributed by atoms with Crippen LogP contribution >= 0.6 is 24.8 Å². The summed E-state index contributed by atoms with van der Waals surface area (Å²) in [5.74, 6) is 0.257. The van der Waals surface area contributed by atoms with Crippen LogP contribution in [-0.4, -0.2) is 23.1 Å². The van der Waals surface area contributed by atoms with Crippen molar-refractivity contribution in [3.05, 3.63) is 34.4 Å². The summed E-state index contributed by atoms with van der Waals surface area (Å²) in [5.41, 5.74) is 11.6. The quantitative estimate of drug-likeness (QED) is 0.652. The molecule has 4 N–H and O–H groups in total. The fourth-order valence-corrected chi connectivity index (χ4v) is 2.08. The summed E-state index contributed by atoms with van der Waals surface area (Å²) >= 11 is 0. The maximum Gasteiger partial charge on any atom is 0.310 e. The third kappa shape index (κ3) is 4.21. The average Bonchev–Trinajstić information content (AvgIpc) is 2.58. The van der Waals surface area contributed by atoms with Gasteiger partial charge in [-0.3, -0.25) is 10.1 Å². The molecule has 8 heteroatoms. The molecule has 1 aliphatic rings. The first kappa shape index (κ1) is 17.9. The van der Waals surface area contributed by atoms with E-state index in [9.17, 15) is 10.1 Å². The summed E-state index contributed by atoms with van der Waals surface area (Å²) in [7, 11) is 0. The zero-order valence-electron chi connectivity index (χ0n) is 10.1. The van der Waals surface area contributed by atoms with Gasteiger partial charge in [-0.1, -0.05) is 12.1 Å². The minimum Gasteiger partial charge on any atom is -0.482 e. The van der Waals surface area contributed by atoms with Crippen molar-refractivity contribution in [1.82, 2.24) is 0 Å². The SMILES string of the molecule is Cl.Cl.N[C@H]1C[C@H](Oc2ccccc2[N+](=O)[O-])[C@@H](N)C1. The molecular weight excluding hydrogens is 293 g/mol. The first-order valence-corrected chi connectivity index (χ1v) is 5.49. The van der Waals surface area contributed by atoms with Gasteiger partial charge < -0.3 is 16.2 Å². The van der Waals surface area contributed by atoms with Gasteiger partial charge in [-0.25, -0.2) is 0 Å². The molecule has 0 heterocycles. The van der Waals surface area contributed by atoms with Crippen molar-refractivity contribution in [3.63, 3.8) is 0 Å². The van der Waals surface area contributed by atoms with Crippen molar-refractivity contribution in [2.24, 2.45) is 11.5 Å². The lowest BCUT2D eigenvalue weighted by molar-refractivity contribution is -0.386. The van der Waals surface area contributed by atoms with Gasteiger partial charge >= 0.3 is 5.69 Å². The maximum absolute atomic E-state index is 10.8. The Labute approximate surface area is 123 Å². The van der Waals surface area contributed by atoms with Crippen molar-refractivity contribution >= 4 is 30.5 Å². The molecule has 2 rings (SSSR count). The molecule has 0 radical (unpaired) electrons. The molecule has 0 bridgehead atoms. The molecule has 0 spiro atoms. The predicted molar refractivity (Wildman–Crippen MR) is 77.2 cm³/mol. The summed E-state index contributed by atoms with van der Waals surface area (Å²) in [5, 5.41) is 10.8. The van der Waals surface area contributed by atoms with Crippen molar-refractivity contribution < 1.29 is 9.66 Å². The van der Waals surface area contributed by atoms with Gasteiger partial charge in [0.1, 0.15) is 6.10 Å². The molecule has 0 aromatic heterocycles. The number of nitro benzene ring substituents is 1. The molecule has 0 amide bonds. The molecule has 19 heavy (non-hydrogen) atoms. The summed E-state index contributed by atoms with van der Waals surface area (Å²) < 4.78 is 5.60. The molecule has 1 aromatic carbocycles. The van der Waals surface area contributed by atoms with Gasteiger partial charge in [0, 0.05) is 24.6 Å². The molecule has 0 aliphatic heterocycles. The normalized spacial score (nSPS) is 25.1. The minimum absolute atomic E-state index is 0. The number of nitrogens with two attached hydrogens (primary N) is 2. The van der Waals surface area contributed by atoms with E-state index in [0.717, 1.165) is 0 Å². The van der Waals surface area contributed by atoms with Crippen LogP contribution in [0.25, 0.3) is 0 Å². The van der Waals surface area contributed by atoms with Crippen LogP contribution in [0.4, 0.5) is 5.69 Å². The first-order valence-electron chi connectivity index (χ1n) is 5.49. The molecule has 3 atom stereocenters. The van der Waals surface area contributed by atoms with E-state index >= 15 is 0 Å². The van der Waals surface area contributed by atoms with Gasteiger partial charge in [0.05, 0.1) is 4.92 Å². The van der Waals surface area contributed by atoms with Crippen LogP contribution in [0.1, 0.15) is 12.8 Å². The fourth-order valence-electron chi connectivity index (χ4n) is 2.08. The molecular formula is C11H17Cl2N3O3. The number of nitrogens with zero attached hydrogens (tertiary/aromatic N) is 1. The molecule has 0 unspecified atom stereocenters. The molecule has 108 valence electrons. The van der Waals surface area contributed by atoms with E-state index in [4.69, 9.17) is 16.2 Å². The van der Waals surface area contributed by atoms with Gasteiger partial charge in [0.25, 0.3) is 0 Å². The van der Waals surface area contributed by atoms with Crippen molar-refractivity contribution in [1.29, 1.82) is 0 Å². The van der Waals surface area contributed by atoms with Crippen LogP contribution in [0.5, 0.6) is 5.75 Å². The second-order valence-electron chi connectivity index (χ2n) is 4.28. The standard InChI is InChI=1S/C11H15N3O3.2ClH/c12-7-5-8(13)11(6-7)17-10-4-2-1-3-9(10)14(15)16;;/h1-4,7-8,11H,5-6,12-13H2;2*1H/t7-,8+,11+;;/m1../s1. The Balaban J connectivity index is 0.00000162. The first-order chi connectivity index (χ1) is 8.08. The number of ether oxygens (including phenoxy) is 1. The van der Waals surface area contributed by atoms with Crippen LogP contribution in [-0.2, 0) is 0 Å². The number of hydrogen-bond donors (Lipinski definition) is 2. The highest BCUT2D eigenvalue weighted by molar-refractivity contribution is 5.85. The summed E-state index contributed by atoms with van der Waals surface area (Å²) in [4.78, 5) is 10.3. The lowest BCUT2D eigenvalue weighted by atomic mass is 10.2. The van der Waals surface area contributed by atoms with Gasteiger partial charge in [0.15, 0.2) is 5.75 Å². The molecule has 0 saturated heterocycles. The van der Waals surface area contributed by atoms with Crippen LogP contribution < -0.4 is 16.2 Å². The van der Waals surface area contributed by atoms with E-state index in [1.165, 1.54) is 6.07 Å². The molecule has 1 aliphatic carbocycles. The van der Waals surface area contributed by atoms with E-state index in [-0.39, 0.29) is 54.4 Å². The van der Waals surface area contributed by atoms with Gasteiger partial charge in [0.2, 0.25) is 0 Å². The number of para-hydroxylation sites is 2. The number of benzene rings is 1. The molecule has 1 fully saturated rings. The zero-order chi connectivity index (χ0) is 12.4. The Morgan fingerprint density at radius 2 is 1.84 bits per heavy atom. The van der Waals surface area contributed by atoms with Crippen LogP contribution in [0.15, 0.2) is 24.3 Å². The topological polar surface area (TPSA) is 104 Å². The van der Waals surface area contributed by atoms with E-state index in [0.29, 0.717) is 12.8 Å².